The van der Waals surface area contributed by atoms with Crippen LogP contribution >= 0.6 is 0 Å². The largest absolute Gasteiger partial charge is 0.508 e. The number of rotatable bonds is 51. The minimum atomic E-state index is -1.53. The average Bonchev–Trinajstić information content (AvgIpc) is 0.692. The summed E-state index contributed by atoms with van der Waals surface area (Å²) >= 11 is 0. The molecule has 2 unspecified atom stereocenters. The van der Waals surface area contributed by atoms with Gasteiger partial charge in [-0.3, -0.25) is 48.2 Å². The number of nitrogens with zero attached hydrogens (tertiary/aromatic N) is 5. The van der Waals surface area contributed by atoms with E-state index < -0.39 is 73.9 Å². The molecule has 7 amide bonds. The number of carboxylic acid groups (broad SMARTS) is 5. The summed E-state index contributed by atoms with van der Waals surface area (Å²) in [7, 11) is 1.81. The maximum Gasteiger partial charge on any atom is 0.326 e. The van der Waals surface area contributed by atoms with E-state index in [9.17, 15) is 83.4 Å². The maximum absolute atomic E-state index is 14.9. The number of carbonyl (C=O) groups excluding carboxylic acids is 6. The summed E-state index contributed by atoms with van der Waals surface area (Å²) in [5.41, 5.74) is 15.0. The van der Waals surface area contributed by atoms with Crippen LogP contribution in [-0.2, 0) is 96.8 Å². The number of aryl methyl sites for hydroxylation is 3. The number of ether oxygens (including phenoxy) is 2. The van der Waals surface area contributed by atoms with E-state index in [0.717, 1.165) is 56.5 Å². The number of phenolic OH excluding ortho intramolecular Hbond substituents is 2. The molecule has 5 aromatic rings. The first-order valence-corrected chi connectivity index (χ1v) is 43.0. The zero-order valence-electron chi connectivity index (χ0n) is 72.1. The van der Waals surface area contributed by atoms with Crippen molar-refractivity contribution >= 4 is 82.2 Å². The van der Waals surface area contributed by atoms with Crippen molar-refractivity contribution in [1.29, 1.82) is 0 Å². The topological polar surface area (TPSA) is 436 Å². The highest BCUT2D eigenvalue weighted by atomic mass is 16.5. The molecule has 9 rings (SSSR count). The fraction of sp³-hybridized carbons (Fsp3) is 0.522. The number of anilines is 1. The first-order chi connectivity index (χ1) is 58.7. The predicted molar refractivity (Wildman–Crippen MR) is 463 cm³/mol. The number of carboxylic acids is 5. The second kappa shape index (κ2) is 45.7. The van der Waals surface area contributed by atoms with Gasteiger partial charge in [0.05, 0.1) is 39.5 Å². The summed E-state index contributed by atoms with van der Waals surface area (Å²) in [6.07, 6.45) is 9.85. The van der Waals surface area contributed by atoms with Crippen LogP contribution in [0.2, 0.25) is 0 Å². The highest BCUT2D eigenvalue weighted by molar-refractivity contribution is 6.02. The highest BCUT2D eigenvalue weighted by Gasteiger charge is 2.43. The van der Waals surface area contributed by atoms with E-state index in [-0.39, 0.29) is 150 Å². The number of carbonyl (C=O) groups is 11. The molecule has 2 atom stereocenters. The molecule has 31 heteroatoms. The normalized spacial score (nSPS) is 14.5. The van der Waals surface area contributed by atoms with Crippen LogP contribution in [0.1, 0.15) is 209 Å². The third-order valence-electron chi connectivity index (χ3n) is 23.3. The van der Waals surface area contributed by atoms with Gasteiger partial charge >= 0.3 is 35.9 Å². The molecule has 0 fully saturated rings. The van der Waals surface area contributed by atoms with E-state index in [1.165, 1.54) is 77.1 Å². The maximum atomic E-state index is 14.9. The van der Waals surface area contributed by atoms with Crippen molar-refractivity contribution < 1.29 is 98.0 Å². The van der Waals surface area contributed by atoms with E-state index >= 15 is 0 Å². The summed E-state index contributed by atoms with van der Waals surface area (Å²) in [5.74, 6) is -7.57. The average molecular weight is 1700 g/mol. The lowest BCUT2D eigenvalue weighted by molar-refractivity contribution is -0.141. The Morgan fingerprint density at radius 3 is 1.65 bits per heavy atom. The summed E-state index contributed by atoms with van der Waals surface area (Å²) in [4.78, 5) is 144. The van der Waals surface area contributed by atoms with Gasteiger partial charge < -0.3 is 86.9 Å². The number of phenols is 2. The van der Waals surface area contributed by atoms with E-state index in [0.29, 0.717) is 98.8 Å². The van der Waals surface area contributed by atoms with E-state index in [1.807, 2.05) is 25.2 Å². The van der Waals surface area contributed by atoms with Crippen LogP contribution in [0.25, 0.3) is 11.1 Å². The monoisotopic (exact) mass is 1700 g/mol. The summed E-state index contributed by atoms with van der Waals surface area (Å²) in [5, 5.41) is 87.2. The molecule has 0 aromatic heterocycles. The molecular formula is C92H124N11O20+. The number of hydrogen-bond acceptors (Lipinski definition) is 18. The first kappa shape index (κ1) is 95.6. The second-order valence-electron chi connectivity index (χ2n) is 33.4. The van der Waals surface area contributed by atoms with Gasteiger partial charge in [-0.25, -0.2) is 19.0 Å². The SMILES string of the molecule is CC[N+]1=c2cc3c(cc2C(C)=CC1(C)C)=C(c1ccccc1C(=O)N(C)CCCC(=O)NCCOCCOCCNC(=O)CCc1ccc(O)c(CN(CCN(CC(=O)O)Cc2cc(CCC(=O)NCCCCCC(=O)NCCCCC(NC(=O)NC(CCC(=O)O)C(=O)O)C(=O)O)ccc2O)CC(=O)O)c1)c1cc2c4c(c1C3(C)C)CCCN4CCC2. The molecule has 4 aliphatic rings. The fourth-order valence-electron chi connectivity index (χ4n) is 17.2. The van der Waals surface area contributed by atoms with Gasteiger partial charge in [0.1, 0.15) is 30.1 Å². The van der Waals surface area contributed by atoms with E-state index in [1.54, 1.807) is 29.2 Å². The number of likely N-dealkylation sites (N-methyl/N-ethyl adjacent to an activating group) is 1. The number of amides is 7. The van der Waals surface area contributed by atoms with Gasteiger partial charge in [-0.15, -0.1) is 0 Å². The Morgan fingerprint density at radius 1 is 0.553 bits per heavy atom. The van der Waals surface area contributed by atoms with Crippen LogP contribution in [0, 0.1) is 0 Å². The predicted octanol–water partition coefficient (Wildman–Crippen LogP) is 6.58. The molecule has 0 saturated carbocycles. The number of allylic oxidation sites excluding steroid dienone is 1. The van der Waals surface area contributed by atoms with Gasteiger partial charge in [-0.2, -0.15) is 0 Å². The molecule has 666 valence electrons. The number of fused-ring (bicyclic) bond motifs is 4. The lowest BCUT2D eigenvalue weighted by atomic mass is 9.64. The third-order valence-corrected chi connectivity index (χ3v) is 23.3. The number of benzene rings is 5. The van der Waals surface area contributed by atoms with Crippen molar-refractivity contribution in [2.24, 2.45) is 0 Å². The van der Waals surface area contributed by atoms with Crippen LogP contribution in [0.3, 0.4) is 0 Å². The number of unbranched alkanes of at least 4 members (excludes halogenated alkanes) is 3. The number of urea groups is 1. The van der Waals surface area contributed by atoms with Crippen molar-refractivity contribution in [2.45, 2.75) is 200 Å². The van der Waals surface area contributed by atoms with Gasteiger partial charge in [-0.1, -0.05) is 62.7 Å². The zero-order valence-corrected chi connectivity index (χ0v) is 72.1. The lowest BCUT2D eigenvalue weighted by Crippen LogP contribution is -2.51. The Bertz CT molecular complexity index is 4830. The van der Waals surface area contributed by atoms with Gasteiger partial charge in [0.2, 0.25) is 29.0 Å². The van der Waals surface area contributed by atoms with Gasteiger partial charge in [0, 0.05) is 164 Å². The molecular weight excluding hydrogens is 1580 g/mol. The van der Waals surface area contributed by atoms with Gasteiger partial charge in [0.15, 0.2) is 5.54 Å². The molecule has 0 spiro atoms. The Morgan fingerprint density at radius 2 is 1.09 bits per heavy atom. The Balaban J connectivity index is 0.639. The lowest BCUT2D eigenvalue weighted by Gasteiger charge is -2.44. The standard InChI is InChI=1S/C92H123N11O20/c1-8-103-74-53-71-69(52-68(74)59(2)54-91(103,3)4)84(70-51-62-19-16-41-102-42-17-22-67(86(62)102)85(70)92(71,5)6)65-20-11-12-21-66(65)87(116)99(7)40-18-25-78(107)95-38-45-122-47-48-123-46-39-96-80(109)34-29-61-27-32-76(105)64(50-61)56-101(58-83(114)115)44-43-100(57-82(112)113)55-63-49-60(26-31-75(63)104)28-33-79(108)94-36-14-9-10-24-77(106)93-37-15-13-23-72(88(117)118)97-90(121)98-73(89(119)120)30-35-81(110)111/h11-12,20-21,26-27,31-32,49-54,72-73H,8-10,13-19,22-25,28-30,33-48,55-58H2,1-7H3,(H12-,93,94,95,96,97,98,104,105,106,107,108,109,110,111,112,113,114,115,117,118,119,120,121)/p+1. The minimum Gasteiger partial charge on any atom is -0.508 e. The summed E-state index contributed by atoms with van der Waals surface area (Å²) < 4.78 is 13.9. The van der Waals surface area contributed by atoms with Crippen molar-refractivity contribution in [3.05, 3.63) is 162 Å². The second-order valence-corrected chi connectivity index (χ2v) is 33.4. The van der Waals surface area contributed by atoms with Crippen molar-refractivity contribution in [1.82, 2.24) is 51.2 Å². The van der Waals surface area contributed by atoms with E-state index in [4.69, 9.17) is 14.6 Å². The smallest absolute Gasteiger partial charge is 0.326 e. The molecule has 3 heterocycles. The van der Waals surface area contributed by atoms with Gasteiger partial charge in [-0.05, 0) is 195 Å². The molecule has 5 aromatic carbocycles. The molecule has 123 heavy (non-hydrogen) atoms. The highest BCUT2D eigenvalue weighted by Crippen LogP contribution is 2.49. The first-order valence-electron chi connectivity index (χ1n) is 43.0. The van der Waals surface area contributed by atoms with Crippen LogP contribution in [0.4, 0.5) is 10.5 Å². The molecule has 1 aliphatic carbocycles. The van der Waals surface area contributed by atoms with Crippen molar-refractivity contribution in [3.63, 3.8) is 0 Å². The fourth-order valence-corrected chi connectivity index (χ4v) is 17.2. The molecule has 31 nitrogen and oxygen atoms in total. The number of nitrogens with one attached hydrogen (secondary N) is 6. The van der Waals surface area contributed by atoms with Crippen LogP contribution in [0.5, 0.6) is 11.5 Å². The third kappa shape index (κ3) is 27.4. The van der Waals surface area contributed by atoms with Crippen molar-refractivity contribution in [2.75, 3.05) is 117 Å². The summed E-state index contributed by atoms with van der Waals surface area (Å²) in [6, 6.07) is 21.1. The molecule has 13 N–H and O–H groups in total. The minimum absolute atomic E-state index is 0.0173. The number of hydrogen-bond donors (Lipinski definition) is 13. The molecule has 0 saturated heterocycles. The quantitative estimate of drug-likeness (QED) is 0.0144. The zero-order chi connectivity index (χ0) is 89.1. The molecule has 0 bridgehead atoms. The Labute approximate surface area is 718 Å². The van der Waals surface area contributed by atoms with Crippen molar-refractivity contribution in [3.8, 4) is 11.5 Å². The number of aromatic hydroxyl groups is 2. The Kier molecular flexibility index (Phi) is 35.5. The van der Waals surface area contributed by atoms with Crippen LogP contribution in [-0.4, -0.2) is 245 Å². The molecule has 3 aliphatic heterocycles. The molecule has 0 radical (unpaired) electrons. The van der Waals surface area contributed by atoms with Crippen LogP contribution < -0.4 is 52.0 Å². The number of aliphatic carboxylic acids is 5. The van der Waals surface area contributed by atoms with Crippen LogP contribution in [0.15, 0.2) is 84.9 Å². The van der Waals surface area contributed by atoms with E-state index in [2.05, 4.69) is 113 Å². The summed E-state index contributed by atoms with van der Waals surface area (Å²) in [6.45, 7) is 18.5. The van der Waals surface area contributed by atoms with Gasteiger partial charge in [0.25, 0.3) is 5.91 Å². The Hall–Kier alpha value is -11.3.